The Balaban J connectivity index is 2.45. The Labute approximate surface area is 157 Å². The van der Waals surface area contributed by atoms with Crippen molar-refractivity contribution in [2.75, 3.05) is 5.32 Å². The number of para-hydroxylation sites is 1. The maximum atomic E-state index is 12.2. The average Bonchev–Trinajstić information content (AvgIpc) is 2.64. The number of hydrogen-bond donors (Lipinski definition) is 4. The van der Waals surface area contributed by atoms with Crippen molar-refractivity contribution in [2.24, 2.45) is 5.92 Å². The minimum Gasteiger partial charge on any atom is -0.481 e. The molecule has 0 radical (unpaired) electrons. The second-order valence-electron chi connectivity index (χ2n) is 6.07. The number of benzene rings is 2. The third-order valence-electron chi connectivity index (χ3n) is 4.25. The van der Waals surface area contributed by atoms with Crippen LogP contribution >= 0.6 is 8.03 Å². The molecule has 2 aromatic carbocycles. The third-order valence-corrected chi connectivity index (χ3v) is 5.42. The highest BCUT2D eigenvalue weighted by Crippen LogP contribution is 2.42. The van der Waals surface area contributed by atoms with Gasteiger partial charge < -0.3 is 15.5 Å². The number of aliphatic carboxylic acids is 2. The molecule has 2 rings (SSSR count). The second-order valence-corrected chi connectivity index (χ2v) is 7.27. The molecule has 0 aliphatic rings. The van der Waals surface area contributed by atoms with E-state index >= 15 is 0 Å². The van der Waals surface area contributed by atoms with Gasteiger partial charge in [0.05, 0.1) is 0 Å². The van der Waals surface area contributed by atoms with Crippen LogP contribution in [-0.4, -0.2) is 32.7 Å². The summed E-state index contributed by atoms with van der Waals surface area (Å²) in [6, 6.07) is 16.9. The smallest absolute Gasteiger partial charge is 0.481 e. The minimum absolute atomic E-state index is 0.239. The Morgan fingerprint density at radius 3 is 2.00 bits per heavy atom. The van der Waals surface area contributed by atoms with Crippen molar-refractivity contribution in [3.63, 3.8) is 0 Å². The van der Waals surface area contributed by atoms with Gasteiger partial charge in [-0.3, -0.25) is 9.59 Å². The van der Waals surface area contributed by atoms with E-state index in [1.54, 1.807) is 54.6 Å². The van der Waals surface area contributed by atoms with Gasteiger partial charge in [-0.05, 0) is 28.7 Å². The Morgan fingerprint density at radius 1 is 0.963 bits per heavy atom. The molecule has 4 unspecified atom stereocenters. The standard InChI is InChI=1S/C19H20NO6P/c21-16(22)12-11-15(19(23)24)18(27(25)26)17(13-7-3-1-4-8-13)20-14-9-5-2-6-10-14/h1-10,15,17-18,20H,11-12H2,(H2-,21,22,23,24,25,26)/p+1. The van der Waals surface area contributed by atoms with Crippen molar-refractivity contribution < 1.29 is 29.3 Å². The van der Waals surface area contributed by atoms with Crippen molar-refractivity contribution in [1.82, 2.24) is 0 Å². The molecule has 0 amide bonds. The summed E-state index contributed by atoms with van der Waals surface area (Å²) >= 11 is 0. The van der Waals surface area contributed by atoms with Crippen LogP contribution in [0.5, 0.6) is 0 Å². The first-order chi connectivity index (χ1) is 12.9. The molecule has 8 heteroatoms. The number of anilines is 1. The van der Waals surface area contributed by atoms with Crippen LogP contribution < -0.4 is 5.32 Å². The molecule has 0 bridgehead atoms. The number of rotatable bonds is 10. The zero-order chi connectivity index (χ0) is 19.8. The largest absolute Gasteiger partial charge is 0.512 e. The molecular formula is C19H21NO6P+. The maximum absolute atomic E-state index is 12.2. The van der Waals surface area contributed by atoms with Crippen LogP contribution in [0.15, 0.2) is 60.7 Å². The van der Waals surface area contributed by atoms with Gasteiger partial charge in [0.2, 0.25) is 5.66 Å². The van der Waals surface area contributed by atoms with E-state index in [1.165, 1.54) is 0 Å². The SMILES string of the molecule is O=C(O)CCC(C(=O)O)C(C(Nc1ccccc1)c1ccccc1)[P+](=O)O. The lowest BCUT2D eigenvalue weighted by atomic mass is 9.90. The lowest BCUT2D eigenvalue weighted by Gasteiger charge is -2.25. The third kappa shape index (κ3) is 5.88. The van der Waals surface area contributed by atoms with Crippen molar-refractivity contribution in [3.05, 3.63) is 66.2 Å². The van der Waals surface area contributed by atoms with E-state index in [0.717, 1.165) is 0 Å². The molecule has 142 valence electrons. The lowest BCUT2D eigenvalue weighted by molar-refractivity contribution is -0.143. The molecule has 0 fully saturated rings. The zero-order valence-electron chi connectivity index (χ0n) is 14.4. The molecule has 2 aromatic rings. The van der Waals surface area contributed by atoms with Gasteiger partial charge in [-0.1, -0.05) is 48.5 Å². The molecule has 4 atom stereocenters. The van der Waals surface area contributed by atoms with Gasteiger partial charge in [-0.25, -0.2) is 0 Å². The number of carboxylic acid groups (broad SMARTS) is 2. The van der Waals surface area contributed by atoms with Crippen LogP contribution in [0.3, 0.4) is 0 Å². The van der Waals surface area contributed by atoms with Gasteiger partial charge in [0.25, 0.3) is 0 Å². The molecule has 0 saturated carbocycles. The van der Waals surface area contributed by atoms with Crippen LogP contribution in [0.1, 0.15) is 24.4 Å². The fourth-order valence-corrected chi connectivity index (χ4v) is 4.06. The summed E-state index contributed by atoms with van der Waals surface area (Å²) in [4.78, 5) is 32.7. The van der Waals surface area contributed by atoms with Gasteiger partial charge >= 0.3 is 20.0 Å². The van der Waals surface area contributed by atoms with Gasteiger partial charge in [0, 0.05) is 12.1 Å². The minimum atomic E-state index is -2.91. The predicted octanol–water partition coefficient (Wildman–Crippen LogP) is 3.51. The molecule has 0 aliphatic heterocycles. The summed E-state index contributed by atoms with van der Waals surface area (Å²) in [5.41, 5.74) is 0.0976. The van der Waals surface area contributed by atoms with Crippen LogP contribution in [0, 0.1) is 5.92 Å². The Bertz CT molecular complexity index is 783. The number of carboxylic acids is 2. The second kappa shape index (κ2) is 9.80. The molecule has 7 nitrogen and oxygen atoms in total. The molecule has 0 aromatic heterocycles. The van der Waals surface area contributed by atoms with Crippen molar-refractivity contribution >= 4 is 25.7 Å². The lowest BCUT2D eigenvalue weighted by Crippen LogP contribution is -2.35. The molecule has 0 saturated heterocycles. The molecule has 4 N–H and O–H groups in total. The van der Waals surface area contributed by atoms with Gasteiger partial charge in [0.1, 0.15) is 12.0 Å². The molecular weight excluding hydrogens is 369 g/mol. The summed E-state index contributed by atoms with van der Waals surface area (Å²) in [6.07, 6.45) is -0.639. The fourth-order valence-electron chi connectivity index (χ4n) is 2.97. The fraction of sp³-hybridized carbons (Fsp3) is 0.263. The highest BCUT2D eigenvalue weighted by atomic mass is 31.1. The first-order valence-electron chi connectivity index (χ1n) is 8.36. The van der Waals surface area contributed by atoms with Crippen LogP contribution in [0.4, 0.5) is 5.69 Å². The van der Waals surface area contributed by atoms with Crippen LogP contribution in [0.2, 0.25) is 0 Å². The maximum Gasteiger partial charge on any atom is 0.512 e. The zero-order valence-corrected chi connectivity index (χ0v) is 15.3. The summed E-state index contributed by atoms with van der Waals surface area (Å²) in [6.45, 7) is 0. The van der Waals surface area contributed by atoms with Gasteiger partial charge in [-0.2, -0.15) is 4.89 Å². The van der Waals surface area contributed by atoms with E-state index in [-0.39, 0.29) is 6.42 Å². The normalized spacial score (nSPS) is 14.6. The van der Waals surface area contributed by atoms with Crippen LogP contribution in [-0.2, 0) is 14.2 Å². The quantitative estimate of drug-likeness (QED) is 0.458. The Kier molecular flexibility index (Phi) is 7.46. The Morgan fingerprint density at radius 2 is 1.52 bits per heavy atom. The van der Waals surface area contributed by atoms with Crippen LogP contribution in [0.25, 0.3) is 0 Å². The molecule has 27 heavy (non-hydrogen) atoms. The summed E-state index contributed by atoms with van der Waals surface area (Å²) < 4.78 is 12.2. The first kappa shape index (κ1) is 20.6. The monoisotopic (exact) mass is 390 g/mol. The average molecular weight is 390 g/mol. The highest BCUT2D eigenvalue weighted by Gasteiger charge is 2.48. The Hall–Kier alpha value is -2.76. The van der Waals surface area contributed by atoms with Gasteiger partial charge in [-0.15, -0.1) is 0 Å². The molecule has 0 spiro atoms. The highest BCUT2D eigenvalue weighted by molar-refractivity contribution is 7.39. The molecule has 0 aliphatic carbocycles. The topological polar surface area (TPSA) is 124 Å². The van der Waals surface area contributed by atoms with Crippen molar-refractivity contribution in [1.29, 1.82) is 0 Å². The number of hydrogen-bond acceptors (Lipinski definition) is 4. The van der Waals surface area contributed by atoms with Gasteiger partial charge in [0.15, 0.2) is 0 Å². The number of nitrogens with one attached hydrogen (secondary N) is 1. The summed E-state index contributed by atoms with van der Waals surface area (Å²) in [7, 11) is -2.91. The van der Waals surface area contributed by atoms with E-state index in [4.69, 9.17) is 5.11 Å². The van der Waals surface area contributed by atoms with E-state index in [0.29, 0.717) is 11.3 Å². The summed E-state index contributed by atoms with van der Waals surface area (Å²) in [5, 5.41) is 21.7. The van der Waals surface area contributed by atoms with E-state index in [1.807, 2.05) is 6.07 Å². The first-order valence-corrected chi connectivity index (χ1v) is 9.64. The van der Waals surface area contributed by atoms with E-state index in [2.05, 4.69) is 5.32 Å². The van der Waals surface area contributed by atoms with Crippen molar-refractivity contribution in [3.8, 4) is 0 Å². The number of carbonyl (C=O) groups is 2. The predicted molar refractivity (Wildman–Crippen MR) is 101 cm³/mol. The summed E-state index contributed by atoms with van der Waals surface area (Å²) in [5.74, 6) is -3.74. The van der Waals surface area contributed by atoms with Crippen molar-refractivity contribution in [2.45, 2.75) is 24.5 Å². The van der Waals surface area contributed by atoms with E-state index in [9.17, 15) is 24.2 Å². The van der Waals surface area contributed by atoms with E-state index < -0.39 is 44.0 Å². The molecule has 0 heterocycles.